The van der Waals surface area contributed by atoms with Crippen molar-refractivity contribution in [3.05, 3.63) is 35.9 Å². The second-order valence-electron chi connectivity index (χ2n) is 6.42. The zero-order valence-corrected chi connectivity index (χ0v) is 15.1. The maximum atomic E-state index is 12.2. The SMILES string of the molecule is COc1ccc(/C=C/C(=O)NC(C)C(=O)NC2CCN(C)CC2)cc1. The third kappa shape index (κ3) is 6.23. The largest absolute Gasteiger partial charge is 0.497 e. The Labute approximate surface area is 149 Å². The van der Waals surface area contributed by atoms with Crippen molar-refractivity contribution in [1.29, 1.82) is 0 Å². The van der Waals surface area contributed by atoms with Crippen molar-refractivity contribution in [3.8, 4) is 5.75 Å². The summed E-state index contributed by atoms with van der Waals surface area (Å²) in [7, 11) is 3.69. The Kier molecular flexibility index (Phi) is 7.01. The van der Waals surface area contributed by atoms with Crippen LogP contribution in [0.3, 0.4) is 0 Å². The molecule has 0 bridgehead atoms. The van der Waals surface area contributed by atoms with E-state index < -0.39 is 6.04 Å². The van der Waals surface area contributed by atoms with Gasteiger partial charge in [-0.1, -0.05) is 12.1 Å². The Morgan fingerprint density at radius 1 is 1.24 bits per heavy atom. The van der Waals surface area contributed by atoms with Crippen molar-refractivity contribution in [2.45, 2.75) is 31.8 Å². The Hall–Kier alpha value is -2.34. The molecule has 0 aromatic heterocycles. The van der Waals surface area contributed by atoms with E-state index in [0.29, 0.717) is 0 Å². The van der Waals surface area contributed by atoms with Crippen LogP contribution in [0, 0.1) is 0 Å². The molecule has 2 amide bonds. The Morgan fingerprint density at radius 2 is 1.88 bits per heavy atom. The van der Waals surface area contributed by atoms with Gasteiger partial charge in [0.25, 0.3) is 0 Å². The number of rotatable bonds is 6. The number of carbonyl (C=O) groups is 2. The molecule has 0 aliphatic carbocycles. The van der Waals surface area contributed by atoms with E-state index in [1.807, 2.05) is 24.3 Å². The number of nitrogens with zero attached hydrogens (tertiary/aromatic N) is 1. The van der Waals surface area contributed by atoms with Crippen LogP contribution >= 0.6 is 0 Å². The van der Waals surface area contributed by atoms with Crippen LogP contribution in [0.4, 0.5) is 0 Å². The Bertz CT molecular complexity index is 605. The van der Waals surface area contributed by atoms with Crippen LogP contribution in [0.5, 0.6) is 5.75 Å². The van der Waals surface area contributed by atoms with Gasteiger partial charge in [0, 0.05) is 12.1 Å². The van der Waals surface area contributed by atoms with Gasteiger partial charge in [-0.2, -0.15) is 0 Å². The number of methoxy groups -OCH3 is 1. The van der Waals surface area contributed by atoms with E-state index in [1.165, 1.54) is 6.08 Å². The number of ether oxygens (including phenoxy) is 1. The van der Waals surface area contributed by atoms with Crippen LogP contribution in [0.25, 0.3) is 6.08 Å². The summed E-state index contributed by atoms with van der Waals surface area (Å²) in [5.41, 5.74) is 0.888. The third-order valence-corrected chi connectivity index (χ3v) is 4.36. The average Bonchev–Trinajstić information content (AvgIpc) is 2.62. The van der Waals surface area contributed by atoms with Gasteiger partial charge < -0.3 is 20.3 Å². The molecule has 1 aliphatic rings. The lowest BCUT2D eigenvalue weighted by molar-refractivity contribution is -0.127. The fourth-order valence-electron chi connectivity index (χ4n) is 2.69. The van der Waals surface area contributed by atoms with Gasteiger partial charge >= 0.3 is 0 Å². The first-order chi connectivity index (χ1) is 12.0. The smallest absolute Gasteiger partial charge is 0.244 e. The minimum Gasteiger partial charge on any atom is -0.497 e. The monoisotopic (exact) mass is 345 g/mol. The Morgan fingerprint density at radius 3 is 2.48 bits per heavy atom. The van der Waals surface area contributed by atoms with Crippen molar-refractivity contribution in [3.63, 3.8) is 0 Å². The maximum Gasteiger partial charge on any atom is 0.244 e. The van der Waals surface area contributed by atoms with Crippen molar-refractivity contribution in [1.82, 2.24) is 15.5 Å². The molecular formula is C19H27N3O3. The Balaban J connectivity index is 1.78. The number of nitrogens with one attached hydrogen (secondary N) is 2. The summed E-state index contributed by atoms with van der Waals surface area (Å²) < 4.78 is 5.09. The van der Waals surface area contributed by atoms with Crippen LogP contribution < -0.4 is 15.4 Å². The zero-order chi connectivity index (χ0) is 18.2. The highest BCUT2D eigenvalue weighted by molar-refractivity contribution is 5.95. The molecule has 136 valence electrons. The highest BCUT2D eigenvalue weighted by Gasteiger charge is 2.21. The zero-order valence-electron chi connectivity index (χ0n) is 15.1. The summed E-state index contributed by atoms with van der Waals surface area (Å²) in [5, 5.41) is 5.71. The first-order valence-corrected chi connectivity index (χ1v) is 8.59. The molecule has 1 heterocycles. The summed E-state index contributed by atoms with van der Waals surface area (Å²) >= 11 is 0. The summed E-state index contributed by atoms with van der Waals surface area (Å²) in [4.78, 5) is 26.4. The normalized spacial score (nSPS) is 17.2. The summed E-state index contributed by atoms with van der Waals surface area (Å²) in [6, 6.07) is 7.01. The third-order valence-electron chi connectivity index (χ3n) is 4.36. The van der Waals surface area contributed by atoms with Crippen molar-refractivity contribution in [2.75, 3.05) is 27.2 Å². The minimum absolute atomic E-state index is 0.138. The molecule has 6 nitrogen and oxygen atoms in total. The van der Waals surface area contributed by atoms with E-state index in [1.54, 1.807) is 20.1 Å². The molecule has 25 heavy (non-hydrogen) atoms. The molecule has 1 fully saturated rings. The van der Waals surface area contributed by atoms with Gasteiger partial charge in [0.1, 0.15) is 11.8 Å². The second-order valence-corrected chi connectivity index (χ2v) is 6.42. The highest BCUT2D eigenvalue weighted by atomic mass is 16.5. The predicted molar refractivity (Wildman–Crippen MR) is 98.3 cm³/mol. The van der Waals surface area contributed by atoms with Crippen molar-refractivity contribution < 1.29 is 14.3 Å². The lowest BCUT2D eigenvalue weighted by Crippen LogP contribution is -2.50. The van der Waals surface area contributed by atoms with Gasteiger partial charge in [-0.15, -0.1) is 0 Å². The van der Waals surface area contributed by atoms with Gasteiger partial charge in [-0.05, 0) is 63.7 Å². The molecule has 0 saturated carbocycles. The molecule has 1 aromatic rings. The molecule has 1 atom stereocenters. The van der Waals surface area contributed by atoms with E-state index in [4.69, 9.17) is 4.74 Å². The van der Waals surface area contributed by atoms with Crippen molar-refractivity contribution >= 4 is 17.9 Å². The van der Waals surface area contributed by atoms with E-state index in [2.05, 4.69) is 22.6 Å². The number of hydrogen-bond donors (Lipinski definition) is 2. The number of likely N-dealkylation sites (tertiary alicyclic amines) is 1. The molecule has 2 N–H and O–H groups in total. The lowest BCUT2D eigenvalue weighted by Gasteiger charge is -2.30. The molecule has 1 saturated heterocycles. The summed E-state index contributed by atoms with van der Waals surface area (Å²) in [5.74, 6) is 0.336. The summed E-state index contributed by atoms with van der Waals surface area (Å²) in [6.45, 7) is 3.66. The molecule has 0 radical (unpaired) electrons. The molecule has 1 unspecified atom stereocenters. The maximum absolute atomic E-state index is 12.2. The molecule has 0 spiro atoms. The molecule has 2 rings (SSSR count). The molecular weight excluding hydrogens is 318 g/mol. The molecule has 1 aromatic carbocycles. The number of hydrogen-bond acceptors (Lipinski definition) is 4. The van der Waals surface area contributed by atoms with Crippen LogP contribution in [0.1, 0.15) is 25.3 Å². The van der Waals surface area contributed by atoms with Crippen LogP contribution in [-0.4, -0.2) is 56.0 Å². The van der Waals surface area contributed by atoms with Crippen molar-refractivity contribution in [2.24, 2.45) is 0 Å². The second kappa shape index (κ2) is 9.22. The fourth-order valence-corrected chi connectivity index (χ4v) is 2.69. The number of amides is 2. The number of benzene rings is 1. The van der Waals surface area contributed by atoms with Crippen LogP contribution in [0.2, 0.25) is 0 Å². The van der Waals surface area contributed by atoms with Gasteiger partial charge in [0.2, 0.25) is 11.8 Å². The molecule has 6 heteroatoms. The highest BCUT2D eigenvalue weighted by Crippen LogP contribution is 2.12. The van der Waals surface area contributed by atoms with E-state index >= 15 is 0 Å². The van der Waals surface area contributed by atoms with Crippen LogP contribution in [-0.2, 0) is 9.59 Å². The van der Waals surface area contributed by atoms with E-state index in [0.717, 1.165) is 37.2 Å². The fraction of sp³-hybridized carbons (Fsp3) is 0.474. The minimum atomic E-state index is -0.562. The van der Waals surface area contributed by atoms with E-state index in [-0.39, 0.29) is 17.9 Å². The van der Waals surface area contributed by atoms with Crippen LogP contribution in [0.15, 0.2) is 30.3 Å². The predicted octanol–water partition coefficient (Wildman–Crippen LogP) is 1.42. The molecule has 1 aliphatic heterocycles. The topological polar surface area (TPSA) is 70.7 Å². The van der Waals surface area contributed by atoms with Gasteiger partial charge in [0.05, 0.1) is 7.11 Å². The van der Waals surface area contributed by atoms with E-state index in [9.17, 15) is 9.59 Å². The quantitative estimate of drug-likeness (QED) is 0.765. The lowest BCUT2D eigenvalue weighted by atomic mass is 10.1. The van der Waals surface area contributed by atoms with Gasteiger partial charge in [-0.3, -0.25) is 9.59 Å². The first kappa shape index (κ1) is 19.0. The van der Waals surface area contributed by atoms with Gasteiger partial charge in [0.15, 0.2) is 0 Å². The first-order valence-electron chi connectivity index (χ1n) is 8.59. The standard InChI is InChI=1S/C19H27N3O3/c1-14(19(24)21-16-10-12-22(2)13-11-16)20-18(23)9-6-15-4-7-17(25-3)8-5-15/h4-9,14,16H,10-13H2,1-3H3,(H,20,23)(H,21,24)/b9-6+. The van der Waals surface area contributed by atoms with Gasteiger partial charge in [-0.25, -0.2) is 0 Å². The number of carbonyl (C=O) groups excluding carboxylic acids is 2. The number of piperidine rings is 1. The summed E-state index contributed by atoms with van der Waals surface area (Å²) in [6.07, 6.45) is 5.03. The average molecular weight is 345 g/mol.